The van der Waals surface area contributed by atoms with Crippen LogP contribution in [0.4, 0.5) is 8.78 Å². The summed E-state index contributed by atoms with van der Waals surface area (Å²) in [5.74, 6) is 0.631. The zero-order valence-electron chi connectivity index (χ0n) is 12.6. The molecule has 0 atom stereocenters. The third kappa shape index (κ3) is 5.57. The summed E-state index contributed by atoms with van der Waals surface area (Å²) in [6.45, 7) is -2.48. The van der Waals surface area contributed by atoms with Crippen molar-refractivity contribution in [2.45, 2.75) is 6.61 Å². The summed E-state index contributed by atoms with van der Waals surface area (Å²) in [6.07, 6.45) is 1.29. The highest BCUT2D eigenvalue weighted by molar-refractivity contribution is 5.83. The van der Waals surface area contributed by atoms with Crippen molar-refractivity contribution in [3.8, 4) is 17.6 Å². The molecule has 2 rings (SSSR count). The van der Waals surface area contributed by atoms with Crippen molar-refractivity contribution in [3.63, 3.8) is 0 Å². The summed E-state index contributed by atoms with van der Waals surface area (Å²) in [6, 6.07) is 14.9. The van der Waals surface area contributed by atoms with E-state index in [0.29, 0.717) is 16.9 Å². The SMILES string of the molecule is N#Cc1ccc(OCCON=Cc2ccccc2OC(F)F)cc1. The van der Waals surface area contributed by atoms with E-state index in [1.54, 1.807) is 42.5 Å². The Morgan fingerprint density at radius 1 is 1.08 bits per heavy atom. The van der Waals surface area contributed by atoms with Gasteiger partial charge in [-0.1, -0.05) is 17.3 Å². The van der Waals surface area contributed by atoms with Crippen molar-refractivity contribution in [3.05, 3.63) is 59.7 Å². The van der Waals surface area contributed by atoms with E-state index in [0.717, 1.165) is 0 Å². The summed E-state index contributed by atoms with van der Waals surface area (Å²) in [4.78, 5) is 5.01. The molecule has 0 N–H and O–H groups in total. The van der Waals surface area contributed by atoms with E-state index in [1.807, 2.05) is 6.07 Å². The van der Waals surface area contributed by atoms with Crippen molar-refractivity contribution >= 4 is 6.21 Å². The first-order chi connectivity index (χ1) is 11.7. The quantitative estimate of drug-likeness (QED) is 0.421. The zero-order chi connectivity index (χ0) is 17.2. The van der Waals surface area contributed by atoms with Crippen LogP contribution in [0.2, 0.25) is 0 Å². The Kier molecular flexibility index (Phi) is 6.53. The lowest BCUT2D eigenvalue weighted by Gasteiger charge is -2.07. The van der Waals surface area contributed by atoms with E-state index >= 15 is 0 Å². The first-order valence-corrected chi connectivity index (χ1v) is 7.01. The second-order valence-electron chi connectivity index (χ2n) is 4.47. The van der Waals surface area contributed by atoms with Crippen LogP contribution in [0.5, 0.6) is 11.5 Å². The minimum atomic E-state index is -2.90. The van der Waals surface area contributed by atoms with E-state index in [1.165, 1.54) is 12.3 Å². The van der Waals surface area contributed by atoms with Gasteiger partial charge >= 0.3 is 6.61 Å². The summed E-state index contributed by atoms with van der Waals surface area (Å²) in [7, 11) is 0. The molecule has 0 saturated heterocycles. The number of ether oxygens (including phenoxy) is 2. The molecular formula is C17H14F2N2O3. The molecule has 0 radical (unpaired) electrons. The second kappa shape index (κ2) is 9.10. The molecular weight excluding hydrogens is 318 g/mol. The number of nitrogens with zero attached hydrogens (tertiary/aromatic N) is 2. The van der Waals surface area contributed by atoms with Gasteiger partial charge in [0.25, 0.3) is 0 Å². The second-order valence-corrected chi connectivity index (χ2v) is 4.47. The summed E-state index contributed by atoms with van der Waals surface area (Å²) < 4.78 is 34.3. The summed E-state index contributed by atoms with van der Waals surface area (Å²) >= 11 is 0. The third-order valence-corrected chi connectivity index (χ3v) is 2.83. The van der Waals surface area contributed by atoms with Gasteiger partial charge in [0.2, 0.25) is 0 Å². The molecule has 2 aromatic carbocycles. The number of benzene rings is 2. The topological polar surface area (TPSA) is 63.8 Å². The van der Waals surface area contributed by atoms with Crippen molar-refractivity contribution in [1.29, 1.82) is 5.26 Å². The number of hydrogen-bond donors (Lipinski definition) is 0. The van der Waals surface area contributed by atoms with Crippen LogP contribution < -0.4 is 9.47 Å². The number of nitriles is 1. The first kappa shape index (κ1) is 17.2. The molecule has 0 unspecified atom stereocenters. The Hall–Kier alpha value is -3.14. The van der Waals surface area contributed by atoms with Gasteiger partial charge in [-0.05, 0) is 36.4 Å². The van der Waals surface area contributed by atoms with Crippen molar-refractivity contribution in [1.82, 2.24) is 0 Å². The molecule has 7 heteroatoms. The molecule has 0 fully saturated rings. The Morgan fingerprint density at radius 3 is 2.54 bits per heavy atom. The van der Waals surface area contributed by atoms with Gasteiger partial charge in [-0.2, -0.15) is 14.0 Å². The highest BCUT2D eigenvalue weighted by Crippen LogP contribution is 2.18. The maximum absolute atomic E-state index is 12.3. The predicted molar refractivity (Wildman–Crippen MR) is 83.3 cm³/mol. The van der Waals surface area contributed by atoms with Crippen LogP contribution >= 0.6 is 0 Å². The third-order valence-electron chi connectivity index (χ3n) is 2.83. The first-order valence-electron chi connectivity index (χ1n) is 7.01. The molecule has 0 bridgehead atoms. The normalized spacial score (nSPS) is 10.6. The summed E-state index contributed by atoms with van der Waals surface area (Å²) in [5, 5.41) is 12.4. The van der Waals surface area contributed by atoms with Gasteiger partial charge in [-0.25, -0.2) is 0 Å². The van der Waals surface area contributed by atoms with Crippen LogP contribution in [0.1, 0.15) is 11.1 Å². The maximum atomic E-state index is 12.3. The van der Waals surface area contributed by atoms with E-state index < -0.39 is 6.61 Å². The molecule has 0 aliphatic heterocycles. The molecule has 24 heavy (non-hydrogen) atoms. The van der Waals surface area contributed by atoms with Gasteiger partial charge in [-0.3, -0.25) is 0 Å². The van der Waals surface area contributed by atoms with Crippen LogP contribution in [-0.4, -0.2) is 26.0 Å². The van der Waals surface area contributed by atoms with Gasteiger partial charge in [0, 0.05) is 5.56 Å². The Balaban J connectivity index is 1.76. The Morgan fingerprint density at radius 2 is 1.83 bits per heavy atom. The molecule has 0 saturated carbocycles. The lowest BCUT2D eigenvalue weighted by atomic mass is 10.2. The van der Waals surface area contributed by atoms with E-state index in [9.17, 15) is 8.78 Å². The predicted octanol–water partition coefficient (Wildman–Crippen LogP) is 3.59. The van der Waals surface area contributed by atoms with E-state index in [2.05, 4.69) is 9.89 Å². The minimum Gasteiger partial charge on any atom is -0.490 e. The molecule has 2 aromatic rings. The number of halogens is 2. The Bertz CT molecular complexity index is 713. The van der Waals surface area contributed by atoms with Crippen LogP contribution in [0.25, 0.3) is 0 Å². The smallest absolute Gasteiger partial charge is 0.387 e. The van der Waals surface area contributed by atoms with Gasteiger partial charge in [0.1, 0.15) is 18.1 Å². The molecule has 124 valence electrons. The average Bonchev–Trinajstić information content (AvgIpc) is 2.59. The Labute approximate surface area is 137 Å². The molecule has 0 amide bonds. The average molecular weight is 332 g/mol. The maximum Gasteiger partial charge on any atom is 0.387 e. The zero-order valence-corrected chi connectivity index (χ0v) is 12.6. The lowest BCUT2D eigenvalue weighted by molar-refractivity contribution is -0.0499. The van der Waals surface area contributed by atoms with E-state index in [4.69, 9.17) is 14.8 Å². The van der Waals surface area contributed by atoms with Gasteiger partial charge in [0.05, 0.1) is 17.8 Å². The molecule has 0 aliphatic carbocycles. The lowest BCUT2D eigenvalue weighted by Crippen LogP contribution is -2.05. The highest BCUT2D eigenvalue weighted by atomic mass is 19.3. The van der Waals surface area contributed by atoms with Crippen LogP contribution in [0.3, 0.4) is 0 Å². The highest BCUT2D eigenvalue weighted by Gasteiger charge is 2.07. The van der Waals surface area contributed by atoms with Crippen molar-refractivity contribution < 1.29 is 23.1 Å². The van der Waals surface area contributed by atoms with Gasteiger partial charge < -0.3 is 14.3 Å². The van der Waals surface area contributed by atoms with Gasteiger partial charge in [0.15, 0.2) is 6.61 Å². The number of alkyl halides is 2. The van der Waals surface area contributed by atoms with Crippen LogP contribution in [0.15, 0.2) is 53.7 Å². The molecule has 0 spiro atoms. The number of oxime groups is 1. The number of rotatable bonds is 8. The van der Waals surface area contributed by atoms with E-state index in [-0.39, 0.29) is 19.0 Å². The number of para-hydroxylation sites is 1. The fourth-order valence-electron chi connectivity index (χ4n) is 1.76. The molecule has 5 nitrogen and oxygen atoms in total. The van der Waals surface area contributed by atoms with Crippen molar-refractivity contribution in [2.24, 2.45) is 5.16 Å². The van der Waals surface area contributed by atoms with Crippen LogP contribution in [-0.2, 0) is 4.84 Å². The van der Waals surface area contributed by atoms with Gasteiger partial charge in [-0.15, -0.1) is 0 Å². The molecule has 0 heterocycles. The number of hydrogen-bond acceptors (Lipinski definition) is 5. The van der Waals surface area contributed by atoms with Crippen molar-refractivity contribution in [2.75, 3.05) is 13.2 Å². The fourth-order valence-corrected chi connectivity index (χ4v) is 1.76. The molecule has 0 aliphatic rings. The minimum absolute atomic E-state index is 0.0219. The molecule has 0 aromatic heterocycles. The fraction of sp³-hybridized carbons (Fsp3) is 0.176. The monoisotopic (exact) mass is 332 g/mol. The standard InChI is InChI=1S/C17H14F2N2O3/c18-17(19)24-16-4-2-1-3-14(16)12-21-23-10-9-22-15-7-5-13(11-20)6-8-15/h1-8,12,17H,9-10H2. The summed E-state index contributed by atoms with van der Waals surface area (Å²) in [5.41, 5.74) is 0.929. The largest absolute Gasteiger partial charge is 0.490 e. The van der Waals surface area contributed by atoms with Crippen LogP contribution in [0, 0.1) is 11.3 Å².